The lowest BCUT2D eigenvalue weighted by atomic mass is 9.99. The molecule has 1 unspecified atom stereocenters. The van der Waals surface area contributed by atoms with Crippen LogP contribution in [0.5, 0.6) is 11.5 Å². The van der Waals surface area contributed by atoms with Gasteiger partial charge in [-0.05, 0) is 29.3 Å². The normalized spacial score (nSPS) is 12.1. The minimum Gasteiger partial charge on any atom is -0.493 e. The van der Waals surface area contributed by atoms with E-state index in [0.717, 1.165) is 16.3 Å². The topological polar surface area (TPSA) is 93.5 Å². The number of nitrogens with one attached hydrogen (secondary N) is 1. The number of nitrogens with zero attached hydrogens (tertiary/aromatic N) is 2. The summed E-state index contributed by atoms with van der Waals surface area (Å²) in [6.07, 6.45) is 0. The maximum atomic E-state index is 13.2. The first-order valence-electron chi connectivity index (χ1n) is 9.21. The lowest BCUT2D eigenvalue weighted by Gasteiger charge is -2.25. The summed E-state index contributed by atoms with van der Waals surface area (Å²) in [4.78, 5) is 13.2. The standard InChI is InChI=1S/C22H22N4O3/c1-13(15-10-6-8-14-7-4-5-9-16(14)15)26(23)22(27)21-17-11-19(28-2)20(29-3)12-18(17)24-25-21/h4-13H,23H2,1-3H3,(H,24,25). The Hall–Kier alpha value is -3.58. The number of aromatic amines is 1. The molecule has 29 heavy (non-hydrogen) atoms. The van der Waals surface area contributed by atoms with Gasteiger partial charge in [-0.2, -0.15) is 5.10 Å². The molecule has 0 saturated heterocycles. The molecule has 1 amide bonds. The second-order valence-electron chi connectivity index (χ2n) is 6.78. The molecule has 0 radical (unpaired) electrons. The summed E-state index contributed by atoms with van der Waals surface area (Å²) >= 11 is 0. The van der Waals surface area contributed by atoms with E-state index in [4.69, 9.17) is 15.3 Å². The van der Waals surface area contributed by atoms with Crippen LogP contribution in [0.15, 0.2) is 54.6 Å². The van der Waals surface area contributed by atoms with Gasteiger partial charge in [-0.3, -0.25) is 14.9 Å². The van der Waals surface area contributed by atoms with E-state index in [0.29, 0.717) is 22.4 Å². The van der Waals surface area contributed by atoms with Gasteiger partial charge < -0.3 is 9.47 Å². The van der Waals surface area contributed by atoms with Crippen LogP contribution >= 0.6 is 0 Å². The Balaban J connectivity index is 1.72. The first-order valence-corrected chi connectivity index (χ1v) is 9.21. The summed E-state index contributed by atoms with van der Waals surface area (Å²) in [5.74, 6) is 6.95. The zero-order valence-electron chi connectivity index (χ0n) is 16.5. The molecule has 0 spiro atoms. The highest BCUT2D eigenvalue weighted by Gasteiger charge is 2.25. The number of hydrogen-bond donors (Lipinski definition) is 2. The highest BCUT2D eigenvalue weighted by Crippen LogP contribution is 2.33. The van der Waals surface area contributed by atoms with Gasteiger partial charge >= 0.3 is 0 Å². The predicted molar refractivity (Wildman–Crippen MR) is 112 cm³/mol. The number of ether oxygens (including phenoxy) is 2. The Bertz CT molecular complexity index is 1200. The van der Waals surface area contributed by atoms with Crippen molar-refractivity contribution in [2.45, 2.75) is 13.0 Å². The third-order valence-electron chi connectivity index (χ3n) is 5.19. The van der Waals surface area contributed by atoms with Gasteiger partial charge in [0.25, 0.3) is 5.91 Å². The highest BCUT2D eigenvalue weighted by atomic mass is 16.5. The predicted octanol–water partition coefficient (Wildman–Crippen LogP) is 3.81. The molecular formula is C22H22N4O3. The Kier molecular flexibility index (Phi) is 4.82. The number of nitrogens with two attached hydrogens (primary N) is 1. The molecule has 0 bridgehead atoms. The number of benzene rings is 3. The van der Waals surface area contributed by atoms with Crippen LogP contribution in [0, 0.1) is 0 Å². The molecule has 4 aromatic rings. The third kappa shape index (κ3) is 3.15. The van der Waals surface area contributed by atoms with Gasteiger partial charge in [-0.15, -0.1) is 0 Å². The number of aromatic nitrogens is 2. The van der Waals surface area contributed by atoms with Crippen molar-refractivity contribution in [3.05, 3.63) is 65.9 Å². The molecule has 0 aliphatic heterocycles. The smallest absolute Gasteiger partial charge is 0.289 e. The van der Waals surface area contributed by atoms with Crippen molar-refractivity contribution in [3.63, 3.8) is 0 Å². The summed E-state index contributed by atoms with van der Waals surface area (Å²) in [5, 5.41) is 11.1. The van der Waals surface area contributed by atoms with Gasteiger partial charge in [-0.1, -0.05) is 42.5 Å². The van der Waals surface area contributed by atoms with E-state index in [1.807, 2.05) is 49.4 Å². The number of amides is 1. The third-order valence-corrected chi connectivity index (χ3v) is 5.19. The van der Waals surface area contributed by atoms with Crippen LogP contribution in [0.25, 0.3) is 21.7 Å². The van der Waals surface area contributed by atoms with Gasteiger partial charge in [0.05, 0.1) is 25.8 Å². The van der Waals surface area contributed by atoms with E-state index >= 15 is 0 Å². The Morgan fingerprint density at radius 1 is 1.03 bits per heavy atom. The summed E-state index contributed by atoms with van der Waals surface area (Å²) in [7, 11) is 3.10. The van der Waals surface area contributed by atoms with Gasteiger partial charge in [0.2, 0.25) is 0 Å². The molecular weight excluding hydrogens is 368 g/mol. The average Bonchev–Trinajstić information content (AvgIpc) is 3.18. The minimum atomic E-state index is -0.385. The first kappa shape index (κ1) is 18.8. The summed E-state index contributed by atoms with van der Waals surface area (Å²) < 4.78 is 10.7. The fraction of sp³-hybridized carbons (Fsp3) is 0.182. The Labute approximate surface area is 168 Å². The number of H-pyrrole nitrogens is 1. The van der Waals surface area contributed by atoms with E-state index in [2.05, 4.69) is 10.2 Å². The van der Waals surface area contributed by atoms with E-state index in [-0.39, 0.29) is 17.6 Å². The molecule has 4 rings (SSSR count). The van der Waals surface area contributed by atoms with Gasteiger partial charge in [0.1, 0.15) is 0 Å². The van der Waals surface area contributed by atoms with Crippen LogP contribution in [0.1, 0.15) is 29.0 Å². The zero-order chi connectivity index (χ0) is 20.5. The lowest BCUT2D eigenvalue weighted by molar-refractivity contribution is 0.0687. The average molecular weight is 390 g/mol. The molecule has 3 N–H and O–H groups in total. The molecule has 7 heteroatoms. The second-order valence-corrected chi connectivity index (χ2v) is 6.78. The molecule has 3 aromatic carbocycles. The van der Waals surface area contributed by atoms with Crippen molar-refractivity contribution in [1.82, 2.24) is 15.2 Å². The highest BCUT2D eigenvalue weighted by molar-refractivity contribution is 6.05. The summed E-state index contributed by atoms with van der Waals surface area (Å²) in [5.41, 5.74) is 1.87. The van der Waals surface area contributed by atoms with Gasteiger partial charge in [0, 0.05) is 11.5 Å². The van der Waals surface area contributed by atoms with Crippen LogP contribution in [0.2, 0.25) is 0 Å². The quantitative estimate of drug-likeness (QED) is 0.307. The number of rotatable bonds is 5. The van der Waals surface area contributed by atoms with Crippen LogP contribution in [0.4, 0.5) is 0 Å². The first-order chi connectivity index (χ1) is 14.0. The molecule has 148 valence electrons. The maximum absolute atomic E-state index is 13.2. The molecule has 7 nitrogen and oxygen atoms in total. The van der Waals surface area contributed by atoms with E-state index in [1.165, 1.54) is 5.01 Å². The maximum Gasteiger partial charge on any atom is 0.289 e. The molecule has 0 saturated carbocycles. The fourth-order valence-corrected chi connectivity index (χ4v) is 3.57. The molecule has 0 fully saturated rings. The van der Waals surface area contributed by atoms with Crippen LogP contribution < -0.4 is 15.3 Å². The van der Waals surface area contributed by atoms with Crippen molar-refractivity contribution >= 4 is 27.6 Å². The number of hydrazine groups is 1. The number of carbonyl (C=O) groups is 1. The van der Waals surface area contributed by atoms with Crippen LogP contribution in [0.3, 0.4) is 0 Å². The second kappa shape index (κ2) is 7.44. The summed E-state index contributed by atoms with van der Waals surface area (Å²) in [6.45, 7) is 1.90. The fourth-order valence-electron chi connectivity index (χ4n) is 3.57. The Morgan fingerprint density at radius 2 is 1.72 bits per heavy atom. The number of hydrogen-bond acceptors (Lipinski definition) is 5. The van der Waals surface area contributed by atoms with Crippen molar-refractivity contribution in [1.29, 1.82) is 0 Å². The van der Waals surface area contributed by atoms with Gasteiger partial charge in [0.15, 0.2) is 17.2 Å². The SMILES string of the molecule is COc1cc2[nH]nc(C(=O)N(N)C(C)c3cccc4ccccc34)c2cc1OC. The van der Waals surface area contributed by atoms with Crippen molar-refractivity contribution < 1.29 is 14.3 Å². The molecule has 0 aliphatic carbocycles. The van der Waals surface area contributed by atoms with E-state index in [9.17, 15) is 4.79 Å². The molecule has 1 atom stereocenters. The molecule has 0 aliphatic rings. The lowest BCUT2D eigenvalue weighted by Crippen LogP contribution is -2.39. The minimum absolute atomic E-state index is 0.232. The van der Waals surface area contributed by atoms with E-state index in [1.54, 1.807) is 26.4 Å². The zero-order valence-corrected chi connectivity index (χ0v) is 16.5. The Morgan fingerprint density at radius 3 is 2.48 bits per heavy atom. The van der Waals surface area contributed by atoms with Crippen molar-refractivity contribution in [2.75, 3.05) is 14.2 Å². The molecule has 1 aromatic heterocycles. The number of fused-ring (bicyclic) bond motifs is 2. The van der Waals surface area contributed by atoms with Crippen LogP contribution in [-0.4, -0.2) is 35.3 Å². The van der Waals surface area contributed by atoms with Gasteiger partial charge in [-0.25, -0.2) is 5.84 Å². The largest absolute Gasteiger partial charge is 0.493 e. The van der Waals surface area contributed by atoms with Crippen LogP contribution in [-0.2, 0) is 0 Å². The van der Waals surface area contributed by atoms with Crippen molar-refractivity contribution in [2.24, 2.45) is 5.84 Å². The van der Waals surface area contributed by atoms with E-state index < -0.39 is 0 Å². The summed E-state index contributed by atoms with van der Waals surface area (Å²) in [6, 6.07) is 17.1. The van der Waals surface area contributed by atoms with Crippen molar-refractivity contribution in [3.8, 4) is 11.5 Å². The number of carbonyl (C=O) groups excluding carboxylic acids is 1. The molecule has 1 heterocycles. The monoisotopic (exact) mass is 390 g/mol. The number of methoxy groups -OCH3 is 2.